The highest BCUT2D eigenvalue weighted by Gasteiger charge is 2.51. The Morgan fingerprint density at radius 1 is 0.447 bits per heavy atom. The van der Waals surface area contributed by atoms with Gasteiger partial charge in [-0.1, -0.05) is 133 Å². The molecule has 0 amide bonds. The lowest BCUT2D eigenvalue weighted by molar-refractivity contribution is 0.436. The summed E-state index contributed by atoms with van der Waals surface area (Å²) in [6.45, 7) is 2.17. The number of aryl methyl sites for hydroxylation is 1. The topological polar surface area (TPSA) is 33.0 Å². The third kappa shape index (κ3) is 3.97. The van der Waals surface area contributed by atoms with Gasteiger partial charge in [0, 0.05) is 22.3 Å². The summed E-state index contributed by atoms with van der Waals surface area (Å²) in [5.74, 6) is 1.76. The van der Waals surface area contributed by atoms with Crippen LogP contribution in [0, 0.1) is 18.3 Å². The molecule has 2 nitrogen and oxygen atoms in total. The van der Waals surface area contributed by atoms with Crippen molar-refractivity contribution in [2.45, 2.75) is 12.3 Å². The maximum Gasteiger partial charge on any atom is 0.132 e. The van der Waals surface area contributed by atoms with Crippen molar-refractivity contribution in [2.24, 2.45) is 0 Å². The first-order valence-corrected chi connectivity index (χ1v) is 16.0. The van der Waals surface area contributed by atoms with Crippen LogP contribution in [0.2, 0.25) is 0 Å². The van der Waals surface area contributed by atoms with Crippen molar-refractivity contribution in [1.29, 1.82) is 5.26 Å². The fourth-order valence-electron chi connectivity index (χ4n) is 7.81. The fourth-order valence-corrected chi connectivity index (χ4v) is 7.81. The fraction of sp³-hybridized carbons (Fsp3) is 0.0444. The minimum Gasteiger partial charge on any atom is -0.457 e. The van der Waals surface area contributed by atoms with Crippen molar-refractivity contribution in [3.8, 4) is 62.1 Å². The van der Waals surface area contributed by atoms with Gasteiger partial charge < -0.3 is 4.74 Å². The molecule has 1 aliphatic heterocycles. The number of ether oxygens (including phenoxy) is 1. The lowest BCUT2D eigenvalue weighted by Crippen LogP contribution is -2.32. The van der Waals surface area contributed by atoms with Crippen LogP contribution < -0.4 is 4.74 Å². The number of rotatable bonds is 3. The summed E-state index contributed by atoms with van der Waals surface area (Å²) < 4.78 is 6.56. The van der Waals surface area contributed by atoms with Gasteiger partial charge in [-0.3, -0.25) is 0 Å². The van der Waals surface area contributed by atoms with E-state index in [9.17, 15) is 5.26 Å². The summed E-state index contributed by atoms with van der Waals surface area (Å²) in [4.78, 5) is 0. The number of hydrogen-bond acceptors (Lipinski definition) is 2. The highest BCUT2D eigenvalue weighted by Crippen LogP contribution is 2.62. The summed E-state index contributed by atoms with van der Waals surface area (Å²) in [5.41, 5.74) is 14.7. The summed E-state index contributed by atoms with van der Waals surface area (Å²) >= 11 is 0. The number of nitriles is 1. The van der Waals surface area contributed by atoms with Crippen molar-refractivity contribution in [3.63, 3.8) is 0 Å². The average molecular weight is 600 g/mol. The Kier molecular flexibility index (Phi) is 6.04. The van der Waals surface area contributed by atoms with Crippen LogP contribution >= 0.6 is 0 Å². The Morgan fingerprint density at radius 2 is 0.957 bits per heavy atom. The van der Waals surface area contributed by atoms with Gasteiger partial charge in [0.25, 0.3) is 0 Å². The van der Waals surface area contributed by atoms with E-state index < -0.39 is 5.41 Å². The Morgan fingerprint density at radius 3 is 1.53 bits per heavy atom. The van der Waals surface area contributed by atoms with Crippen LogP contribution in [-0.4, -0.2) is 0 Å². The number of fused-ring (bicyclic) bond motifs is 9. The van der Waals surface area contributed by atoms with E-state index in [1.54, 1.807) is 0 Å². The van der Waals surface area contributed by atoms with Crippen LogP contribution in [0.1, 0.15) is 33.4 Å². The Bertz CT molecular complexity index is 2290. The maximum atomic E-state index is 10.5. The van der Waals surface area contributed by atoms with E-state index in [2.05, 4.69) is 134 Å². The van der Waals surface area contributed by atoms with E-state index in [4.69, 9.17) is 4.74 Å². The second kappa shape index (κ2) is 10.4. The van der Waals surface area contributed by atoms with E-state index in [1.807, 2.05) is 36.4 Å². The molecule has 1 aliphatic carbocycles. The minimum atomic E-state index is -0.546. The van der Waals surface area contributed by atoms with Crippen LogP contribution in [0.15, 0.2) is 158 Å². The number of hydrogen-bond donors (Lipinski definition) is 0. The number of para-hydroxylation sites is 2. The monoisotopic (exact) mass is 599 g/mol. The van der Waals surface area contributed by atoms with Gasteiger partial charge in [0.15, 0.2) is 0 Å². The van der Waals surface area contributed by atoms with Crippen molar-refractivity contribution in [1.82, 2.24) is 0 Å². The molecule has 2 aliphatic rings. The maximum absolute atomic E-state index is 10.5. The summed E-state index contributed by atoms with van der Waals surface area (Å²) in [6.07, 6.45) is 0. The molecule has 1 spiro atoms. The smallest absolute Gasteiger partial charge is 0.132 e. The Labute approximate surface area is 274 Å². The second-order valence-corrected chi connectivity index (χ2v) is 12.4. The average Bonchev–Trinajstić information content (AvgIpc) is 3.41. The molecule has 0 radical (unpaired) electrons. The standard InChI is InChI=1S/C45H29NO/c1-29-20-22-34-35-23-21-32(33-25-36(30-12-4-2-5-13-30)38(28-46)37(26-33)31-14-6-3-7-15-31)27-42(35)45(41(34)24-29)39-16-8-10-18-43(39)47-44-19-11-9-17-40(44)45/h2-27H,1H3. The molecule has 2 heteroatoms. The van der Waals surface area contributed by atoms with Gasteiger partial charge >= 0.3 is 0 Å². The second-order valence-electron chi connectivity index (χ2n) is 12.4. The first-order chi connectivity index (χ1) is 23.2. The highest BCUT2D eigenvalue weighted by atomic mass is 16.5. The molecule has 0 unspecified atom stereocenters. The molecule has 1 heterocycles. The van der Waals surface area contributed by atoms with Gasteiger partial charge in [-0.25, -0.2) is 0 Å². The predicted octanol–water partition coefficient (Wildman–Crippen LogP) is 11.3. The molecular formula is C45H29NO. The molecular weight excluding hydrogens is 571 g/mol. The molecule has 0 N–H and O–H groups in total. The Hall–Kier alpha value is -6.17. The van der Waals surface area contributed by atoms with Crippen LogP contribution in [0.25, 0.3) is 44.5 Å². The Balaban J connectivity index is 1.36. The van der Waals surface area contributed by atoms with Crippen LogP contribution in [-0.2, 0) is 5.41 Å². The first-order valence-electron chi connectivity index (χ1n) is 16.0. The van der Waals surface area contributed by atoms with Crippen LogP contribution in [0.4, 0.5) is 0 Å². The number of benzene rings is 7. The van der Waals surface area contributed by atoms with Gasteiger partial charge in [-0.05, 0) is 81.8 Å². The molecule has 7 aromatic carbocycles. The van der Waals surface area contributed by atoms with Gasteiger partial charge in [0.05, 0.1) is 11.0 Å². The summed E-state index contributed by atoms with van der Waals surface area (Å²) in [5, 5.41) is 10.5. The molecule has 0 atom stereocenters. The quantitative estimate of drug-likeness (QED) is 0.202. The van der Waals surface area contributed by atoms with Gasteiger partial charge in [-0.15, -0.1) is 0 Å². The SMILES string of the molecule is Cc1ccc2c(c1)C1(c3ccccc3Oc3ccccc31)c1cc(-c3cc(-c4ccccc4)c(C#N)c(-c4ccccc4)c3)ccc1-2. The molecule has 0 fully saturated rings. The zero-order valence-corrected chi connectivity index (χ0v) is 25.9. The third-order valence-corrected chi connectivity index (χ3v) is 9.85. The largest absolute Gasteiger partial charge is 0.457 e. The normalized spacial score (nSPS) is 13.1. The molecule has 220 valence electrons. The van der Waals surface area contributed by atoms with Crippen molar-refractivity contribution in [3.05, 3.63) is 191 Å². The van der Waals surface area contributed by atoms with Crippen LogP contribution in [0.5, 0.6) is 11.5 Å². The molecule has 0 saturated carbocycles. The summed E-state index contributed by atoms with van der Waals surface area (Å²) in [7, 11) is 0. The molecule has 0 aromatic heterocycles. The van der Waals surface area contributed by atoms with Crippen molar-refractivity contribution in [2.75, 3.05) is 0 Å². The van der Waals surface area contributed by atoms with E-state index in [0.29, 0.717) is 5.56 Å². The molecule has 9 rings (SSSR count). The van der Waals surface area contributed by atoms with Crippen molar-refractivity contribution >= 4 is 0 Å². The van der Waals surface area contributed by atoms with Gasteiger partial charge in [0.1, 0.15) is 17.6 Å². The predicted molar refractivity (Wildman–Crippen MR) is 190 cm³/mol. The lowest BCUT2D eigenvalue weighted by Gasteiger charge is -2.39. The van der Waals surface area contributed by atoms with E-state index >= 15 is 0 Å². The molecule has 0 saturated heterocycles. The first kappa shape index (κ1) is 27.2. The highest BCUT2D eigenvalue weighted by molar-refractivity contribution is 5.92. The zero-order valence-electron chi connectivity index (χ0n) is 25.9. The molecule has 0 bridgehead atoms. The van der Waals surface area contributed by atoms with Gasteiger partial charge in [-0.2, -0.15) is 5.26 Å². The molecule has 7 aromatic rings. The van der Waals surface area contributed by atoms with E-state index in [-0.39, 0.29) is 0 Å². The molecule has 47 heavy (non-hydrogen) atoms. The third-order valence-electron chi connectivity index (χ3n) is 9.85. The van der Waals surface area contributed by atoms with Crippen LogP contribution in [0.3, 0.4) is 0 Å². The van der Waals surface area contributed by atoms with E-state index in [1.165, 1.54) is 27.8 Å². The van der Waals surface area contributed by atoms with Gasteiger partial charge in [0.2, 0.25) is 0 Å². The van der Waals surface area contributed by atoms with Crippen molar-refractivity contribution < 1.29 is 4.74 Å². The minimum absolute atomic E-state index is 0.546. The summed E-state index contributed by atoms with van der Waals surface area (Å²) in [6, 6.07) is 58.1. The lowest BCUT2D eigenvalue weighted by atomic mass is 9.65. The van der Waals surface area contributed by atoms with E-state index in [0.717, 1.165) is 56.0 Å². The number of nitrogens with zero attached hydrogens (tertiary/aromatic N) is 1. The zero-order chi connectivity index (χ0) is 31.5.